The van der Waals surface area contributed by atoms with E-state index in [1.54, 1.807) is 11.3 Å². The Bertz CT molecular complexity index is 318. The van der Waals surface area contributed by atoms with Crippen LogP contribution < -0.4 is 5.32 Å². The van der Waals surface area contributed by atoms with Gasteiger partial charge in [0.25, 0.3) is 0 Å². The molecule has 2 nitrogen and oxygen atoms in total. The van der Waals surface area contributed by atoms with Crippen LogP contribution in [0.3, 0.4) is 0 Å². The molecule has 0 unspecified atom stereocenters. The standard InChI is InChI=1S/C10H12N2S/c11-7-8-5-6-13-10(8)12-9-3-1-2-4-9/h5-6,9,12H,1-4H2. The van der Waals surface area contributed by atoms with Crippen molar-refractivity contribution in [1.29, 1.82) is 5.26 Å². The van der Waals surface area contributed by atoms with Crippen LogP contribution in [0.25, 0.3) is 0 Å². The smallest absolute Gasteiger partial charge is 0.107 e. The summed E-state index contributed by atoms with van der Waals surface area (Å²) in [5, 5.41) is 15.3. The summed E-state index contributed by atoms with van der Waals surface area (Å²) >= 11 is 1.63. The SMILES string of the molecule is N#Cc1ccsc1NC1CCCC1. The molecule has 13 heavy (non-hydrogen) atoms. The van der Waals surface area contributed by atoms with E-state index in [2.05, 4.69) is 11.4 Å². The van der Waals surface area contributed by atoms with E-state index >= 15 is 0 Å². The molecule has 1 heterocycles. The molecule has 0 aliphatic heterocycles. The second-order valence-corrected chi connectivity index (χ2v) is 4.32. The molecule has 1 fully saturated rings. The molecule has 1 aromatic heterocycles. The number of anilines is 1. The van der Waals surface area contributed by atoms with E-state index in [9.17, 15) is 0 Å². The fourth-order valence-electron chi connectivity index (χ4n) is 1.76. The van der Waals surface area contributed by atoms with Gasteiger partial charge >= 0.3 is 0 Å². The number of rotatable bonds is 2. The van der Waals surface area contributed by atoms with Crippen LogP contribution in [0.5, 0.6) is 0 Å². The van der Waals surface area contributed by atoms with Crippen molar-refractivity contribution >= 4 is 16.3 Å². The van der Waals surface area contributed by atoms with Crippen molar-refractivity contribution in [2.24, 2.45) is 0 Å². The highest BCUT2D eigenvalue weighted by Gasteiger charge is 2.16. The average Bonchev–Trinajstić information content (AvgIpc) is 2.76. The number of hydrogen-bond acceptors (Lipinski definition) is 3. The predicted molar refractivity (Wildman–Crippen MR) is 54.9 cm³/mol. The normalized spacial score (nSPS) is 17.2. The van der Waals surface area contributed by atoms with Gasteiger partial charge in [-0.1, -0.05) is 12.8 Å². The van der Waals surface area contributed by atoms with E-state index in [1.807, 2.05) is 11.4 Å². The van der Waals surface area contributed by atoms with Gasteiger partial charge in [-0.3, -0.25) is 0 Å². The summed E-state index contributed by atoms with van der Waals surface area (Å²) in [7, 11) is 0. The minimum absolute atomic E-state index is 0.603. The Labute approximate surface area is 82.2 Å². The van der Waals surface area contributed by atoms with Gasteiger partial charge in [0.05, 0.1) is 5.56 Å². The fourth-order valence-corrected chi connectivity index (χ4v) is 2.58. The Hall–Kier alpha value is -1.01. The molecular weight excluding hydrogens is 180 g/mol. The average molecular weight is 192 g/mol. The summed E-state index contributed by atoms with van der Waals surface area (Å²) in [5.74, 6) is 0. The monoisotopic (exact) mass is 192 g/mol. The van der Waals surface area contributed by atoms with Gasteiger partial charge in [0.2, 0.25) is 0 Å². The highest BCUT2D eigenvalue weighted by Crippen LogP contribution is 2.27. The van der Waals surface area contributed by atoms with Crippen molar-refractivity contribution in [2.75, 3.05) is 5.32 Å². The Morgan fingerprint density at radius 3 is 2.92 bits per heavy atom. The molecule has 68 valence electrons. The van der Waals surface area contributed by atoms with Crippen LogP contribution in [0.15, 0.2) is 11.4 Å². The van der Waals surface area contributed by atoms with Gasteiger partial charge in [-0.2, -0.15) is 5.26 Å². The third-order valence-electron chi connectivity index (χ3n) is 2.48. The lowest BCUT2D eigenvalue weighted by molar-refractivity contribution is 0.758. The van der Waals surface area contributed by atoms with Crippen LogP contribution >= 0.6 is 11.3 Å². The van der Waals surface area contributed by atoms with E-state index < -0.39 is 0 Å². The van der Waals surface area contributed by atoms with Gasteiger partial charge in [-0.15, -0.1) is 11.3 Å². The molecule has 1 aliphatic rings. The van der Waals surface area contributed by atoms with E-state index in [0.29, 0.717) is 6.04 Å². The van der Waals surface area contributed by atoms with E-state index in [0.717, 1.165) is 10.6 Å². The van der Waals surface area contributed by atoms with Crippen LogP contribution in [0.2, 0.25) is 0 Å². The Morgan fingerprint density at radius 2 is 2.23 bits per heavy atom. The summed E-state index contributed by atoms with van der Waals surface area (Å²) in [6, 6.07) is 4.68. The second-order valence-electron chi connectivity index (χ2n) is 3.40. The largest absolute Gasteiger partial charge is 0.373 e. The minimum atomic E-state index is 0.603. The molecule has 0 atom stereocenters. The highest BCUT2D eigenvalue weighted by atomic mass is 32.1. The third-order valence-corrected chi connectivity index (χ3v) is 3.32. The lowest BCUT2D eigenvalue weighted by Crippen LogP contribution is -2.13. The number of nitrogens with zero attached hydrogens (tertiary/aromatic N) is 1. The molecule has 3 heteroatoms. The summed E-state index contributed by atoms with van der Waals surface area (Å²) < 4.78 is 0. The fraction of sp³-hybridized carbons (Fsp3) is 0.500. The summed E-state index contributed by atoms with van der Waals surface area (Å²) in [6.07, 6.45) is 5.15. The first-order valence-corrected chi connectivity index (χ1v) is 5.52. The van der Waals surface area contributed by atoms with Gasteiger partial charge in [0, 0.05) is 6.04 Å². The van der Waals surface area contributed by atoms with Crippen molar-refractivity contribution in [1.82, 2.24) is 0 Å². The zero-order valence-corrected chi connectivity index (χ0v) is 8.23. The number of nitrogens with one attached hydrogen (secondary N) is 1. The molecule has 0 aromatic carbocycles. The van der Waals surface area contributed by atoms with Crippen molar-refractivity contribution in [3.05, 3.63) is 17.0 Å². The number of hydrogen-bond donors (Lipinski definition) is 1. The second kappa shape index (κ2) is 3.80. The van der Waals surface area contributed by atoms with Crippen LogP contribution in [-0.2, 0) is 0 Å². The van der Waals surface area contributed by atoms with Crippen LogP contribution in [0.4, 0.5) is 5.00 Å². The molecule has 0 radical (unpaired) electrons. The van der Waals surface area contributed by atoms with E-state index in [-0.39, 0.29) is 0 Å². The first-order chi connectivity index (χ1) is 6.40. The van der Waals surface area contributed by atoms with Crippen molar-refractivity contribution in [3.8, 4) is 6.07 Å². The van der Waals surface area contributed by atoms with Crippen LogP contribution in [0, 0.1) is 11.3 Å². The zero-order valence-electron chi connectivity index (χ0n) is 7.42. The predicted octanol–water partition coefficient (Wildman–Crippen LogP) is 2.97. The van der Waals surface area contributed by atoms with Crippen molar-refractivity contribution in [2.45, 2.75) is 31.7 Å². The molecule has 0 amide bonds. The van der Waals surface area contributed by atoms with Gasteiger partial charge < -0.3 is 5.32 Å². The molecular formula is C10H12N2S. The highest BCUT2D eigenvalue weighted by molar-refractivity contribution is 7.14. The molecule has 1 aliphatic carbocycles. The quantitative estimate of drug-likeness (QED) is 0.782. The minimum Gasteiger partial charge on any atom is -0.373 e. The maximum Gasteiger partial charge on any atom is 0.107 e. The molecule has 1 saturated carbocycles. The molecule has 0 saturated heterocycles. The third kappa shape index (κ3) is 1.84. The number of nitriles is 1. The van der Waals surface area contributed by atoms with Crippen molar-refractivity contribution < 1.29 is 0 Å². The van der Waals surface area contributed by atoms with Gasteiger partial charge in [-0.25, -0.2) is 0 Å². The van der Waals surface area contributed by atoms with Crippen LogP contribution in [-0.4, -0.2) is 6.04 Å². The zero-order chi connectivity index (χ0) is 9.10. The first-order valence-electron chi connectivity index (χ1n) is 4.64. The van der Waals surface area contributed by atoms with Gasteiger partial charge in [-0.05, 0) is 24.3 Å². The summed E-state index contributed by atoms with van der Waals surface area (Å²) in [6.45, 7) is 0. The topological polar surface area (TPSA) is 35.8 Å². The molecule has 2 rings (SSSR count). The van der Waals surface area contributed by atoms with Gasteiger partial charge in [0.15, 0.2) is 0 Å². The summed E-state index contributed by atoms with van der Waals surface area (Å²) in [4.78, 5) is 0. The lowest BCUT2D eigenvalue weighted by Gasteiger charge is -2.11. The van der Waals surface area contributed by atoms with Crippen molar-refractivity contribution in [3.63, 3.8) is 0 Å². The maximum atomic E-state index is 8.80. The number of thiophene rings is 1. The molecule has 1 N–H and O–H groups in total. The van der Waals surface area contributed by atoms with Crippen LogP contribution in [0.1, 0.15) is 31.2 Å². The van der Waals surface area contributed by atoms with E-state index in [1.165, 1.54) is 25.7 Å². The first kappa shape index (κ1) is 8.58. The Balaban J connectivity index is 2.04. The van der Waals surface area contributed by atoms with E-state index in [4.69, 9.17) is 5.26 Å². The maximum absolute atomic E-state index is 8.80. The Kier molecular flexibility index (Phi) is 2.51. The molecule has 0 bridgehead atoms. The van der Waals surface area contributed by atoms with Gasteiger partial charge in [0.1, 0.15) is 11.1 Å². The Morgan fingerprint density at radius 1 is 1.46 bits per heavy atom. The molecule has 1 aromatic rings. The summed E-state index contributed by atoms with van der Waals surface area (Å²) in [5.41, 5.74) is 0.789. The molecule has 0 spiro atoms. The lowest BCUT2D eigenvalue weighted by atomic mass is 10.2.